The number of hydrogen-bond donors (Lipinski definition) is 1. The third-order valence-electron chi connectivity index (χ3n) is 6.31. The Morgan fingerprint density at radius 1 is 1.05 bits per heavy atom. The van der Waals surface area contributed by atoms with Gasteiger partial charge in [0.15, 0.2) is 16.7 Å². The molecule has 2 aromatic rings. The van der Waals surface area contributed by atoms with Gasteiger partial charge in [0.1, 0.15) is 0 Å². The first kappa shape index (κ1) is 27.3. The number of carbonyl (C=O) groups excluding carboxylic acids is 2. The number of esters is 1. The van der Waals surface area contributed by atoms with E-state index in [1.807, 2.05) is 73.5 Å². The van der Waals surface area contributed by atoms with Gasteiger partial charge in [-0.1, -0.05) is 54.2 Å². The highest BCUT2D eigenvalue weighted by Crippen LogP contribution is 2.48. The highest BCUT2D eigenvalue weighted by molar-refractivity contribution is 8.16. The van der Waals surface area contributed by atoms with Crippen LogP contribution >= 0.6 is 11.8 Å². The van der Waals surface area contributed by atoms with Crippen molar-refractivity contribution in [2.75, 3.05) is 14.2 Å². The number of methoxy groups -OCH3 is 2. The van der Waals surface area contributed by atoms with Gasteiger partial charge in [0.25, 0.3) is 0 Å². The molecule has 8 nitrogen and oxygen atoms in total. The minimum absolute atomic E-state index is 0.109. The van der Waals surface area contributed by atoms with Gasteiger partial charge in [0.2, 0.25) is 5.91 Å². The van der Waals surface area contributed by atoms with Crippen LogP contribution in [0.4, 0.5) is 0 Å². The number of nitrogens with one attached hydrogen (secondary N) is 1. The molecule has 2 aromatic carbocycles. The molecule has 0 radical (unpaired) electrons. The number of allylic oxidation sites excluding steroid dienone is 1. The Bertz CT molecular complexity index is 1300. The summed E-state index contributed by atoms with van der Waals surface area (Å²) < 4.78 is 17.0. The lowest BCUT2D eigenvalue weighted by Gasteiger charge is -2.37. The molecule has 0 saturated heterocycles. The van der Waals surface area contributed by atoms with Crippen LogP contribution in [-0.4, -0.2) is 42.3 Å². The molecule has 4 rings (SSSR count). The summed E-state index contributed by atoms with van der Waals surface area (Å²) in [6, 6.07) is 14.6. The molecule has 2 atom stereocenters. The number of amidine groups is 1. The summed E-state index contributed by atoms with van der Waals surface area (Å²) in [5.74, 6) is 0.439. The maximum absolute atomic E-state index is 13.4. The van der Waals surface area contributed by atoms with Crippen molar-refractivity contribution in [3.8, 4) is 11.5 Å². The smallest absolute Gasteiger partial charge is 0.338 e. The van der Waals surface area contributed by atoms with E-state index in [1.165, 1.54) is 11.8 Å². The van der Waals surface area contributed by atoms with Crippen LogP contribution in [0.2, 0.25) is 0 Å². The third-order valence-corrected chi connectivity index (χ3v) is 7.20. The van der Waals surface area contributed by atoms with Gasteiger partial charge in [0.05, 0.1) is 50.1 Å². The summed E-state index contributed by atoms with van der Waals surface area (Å²) in [5.41, 5.74) is 3.40. The molecule has 38 heavy (non-hydrogen) atoms. The zero-order chi connectivity index (χ0) is 27.4. The molecule has 2 heterocycles. The van der Waals surface area contributed by atoms with E-state index in [0.717, 1.165) is 11.3 Å². The van der Waals surface area contributed by atoms with Crippen LogP contribution in [0.15, 0.2) is 75.9 Å². The summed E-state index contributed by atoms with van der Waals surface area (Å²) >= 11 is 1.42. The molecule has 0 saturated carbocycles. The quantitative estimate of drug-likeness (QED) is 0.424. The molecule has 2 aliphatic heterocycles. The minimum Gasteiger partial charge on any atom is -0.493 e. The lowest BCUT2D eigenvalue weighted by molar-refractivity contribution is -0.143. The van der Waals surface area contributed by atoms with E-state index in [2.05, 4.69) is 5.32 Å². The average Bonchev–Trinajstić information content (AvgIpc) is 3.28. The SMILES string of the molecule is COc1cccc([C@@H]2C(C(=O)OC(C)C)=C(C)N=C3SC=C(CC(=O)N[C@@H](C)c4ccccc4)N32)c1OC. The zero-order valence-electron chi connectivity index (χ0n) is 22.5. The number of hydrogen-bond acceptors (Lipinski definition) is 8. The monoisotopic (exact) mass is 535 g/mol. The fourth-order valence-corrected chi connectivity index (χ4v) is 5.58. The first-order valence-electron chi connectivity index (χ1n) is 12.5. The summed E-state index contributed by atoms with van der Waals surface area (Å²) in [4.78, 5) is 33.2. The van der Waals surface area contributed by atoms with Gasteiger partial charge in [-0.2, -0.15) is 0 Å². The maximum atomic E-state index is 13.4. The average molecular weight is 536 g/mol. The number of benzene rings is 2. The fourth-order valence-electron chi connectivity index (χ4n) is 4.61. The second-order valence-electron chi connectivity index (χ2n) is 9.31. The van der Waals surface area contributed by atoms with E-state index in [0.29, 0.717) is 33.5 Å². The Morgan fingerprint density at radius 2 is 1.79 bits per heavy atom. The Kier molecular flexibility index (Phi) is 8.46. The number of fused-ring (bicyclic) bond motifs is 1. The van der Waals surface area contributed by atoms with Crippen molar-refractivity contribution in [2.45, 2.75) is 52.3 Å². The molecular weight excluding hydrogens is 502 g/mol. The number of nitrogens with zero attached hydrogens (tertiary/aromatic N) is 2. The highest BCUT2D eigenvalue weighted by Gasteiger charge is 2.43. The Labute approximate surface area is 227 Å². The number of thioether (sulfide) groups is 1. The molecule has 0 spiro atoms. The lowest BCUT2D eigenvalue weighted by atomic mass is 9.92. The predicted molar refractivity (Wildman–Crippen MR) is 149 cm³/mol. The van der Waals surface area contributed by atoms with Gasteiger partial charge in [-0.25, -0.2) is 9.79 Å². The van der Waals surface area contributed by atoms with Gasteiger partial charge < -0.3 is 24.4 Å². The largest absolute Gasteiger partial charge is 0.493 e. The van der Waals surface area contributed by atoms with Gasteiger partial charge >= 0.3 is 5.97 Å². The number of ether oxygens (including phenoxy) is 3. The number of rotatable bonds is 9. The fraction of sp³-hybridized carbons (Fsp3) is 0.345. The predicted octanol–water partition coefficient (Wildman–Crippen LogP) is 5.50. The molecule has 1 N–H and O–H groups in total. The first-order chi connectivity index (χ1) is 18.2. The van der Waals surface area contributed by atoms with E-state index in [1.54, 1.807) is 27.2 Å². The number of amides is 1. The number of para-hydroxylation sites is 1. The van der Waals surface area contributed by atoms with Crippen LogP contribution in [0.3, 0.4) is 0 Å². The topological polar surface area (TPSA) is 89.5 Å². The molecule has 0 aromatic heterocycles. The first-order valence-corrected chi connectivity index (χ1v) is 13.3. The highest BCUT2D eigenvalue weighted by atomic mass is 32.2. The van der Waals surface area contributed by atoms with Crippen LogP contribution in [0.25, 0.3) is 0 Å². The van der Waals surface area contributed by atoms with Crippen molar-refractivity contribution in [3.63, 3.8) is 0 Å². The van der Waals surface area contributed by atoms with E-state index in [4.69, 9.17) is 19.2 Å². The normalized spacial score (nSPS) is 17.4. The molecule has 0 unspecified atom stereocenters. The number of carbonyl (C=O) groups is 2. The standard InChI is InChI=1S/C29H33N3O5S/c1-17(2)37-28(34)25-19(4)31-29-32(26(25)22-13-10-14-23(35-5)27(22)36-6)21(16-38-29)15-24(33)30-18(3)20-11-8-7-9-12-20/h7-14,16-18,26H,15H2,1-6H3,(H,30,33)/t18-,26+/m0/s1. The molecule has 9 heteroatoms. The molecule has 0 aliphatic carbocycles. The summed E-state index contributed by atoms with van der Waals surface area (Å²) in [5, 5.41) is 5.67. The van der Waals surface area contributed by atoms with E-state index < -0.39 is 12.0 Å². The van der Waals surface area contributed by atoms with Gasteiger partial charge in [-0.15, -0.1) is 0 Å². The zero-order valence-corrected chi connectivity index (χ0v) is 23.3. The molecule has 0 fully saturated rings. The van der Waals surface area contributed by atoms with Crippen molar-refractivity contribution in [2.24, 2.45) is 4.99 Å². The Balaban J connectivity index is 1.71. The van der Waals surface area contributed by atoms with E-state index >= 15 is 0 Å². The second-order valence-corrected chi connectivity index (χ2v) is 10.1. The van der Waals surface area contributed by atoms with Crippen LogP contribution < -0.4 is 14.8 Å². The summed E-state index contributed by atoms with van der Waals surface area (Å²) in [6.45, 7) is 7.37. The summed E-state index contributed by atoms with van der Waals surface area (Å²) in [6.07, 6.45) is -0.202. The third kappa shape index (κ3) is 5.57. The van der Waals surface area contributed by atoms with Crippen molar-refractivity contribution in [1.29, 1.82) is 0 Å². The molecule has 0 bridgehead atoms. The molecule has 1 amide bonds. The van der Waals surface area contributed by atoms with Crippen LogP contribution in [0.1, 0.15) is 57.3 Å². The van der Waals surface area contributed by atoms with Crippen molar-refractivity contribution in [3.05, 3.63) is 82.0 Å². The number of aliphatic imine (C=N–C) groups is 1. The van der Waals surface area contributed by atoms with E-state index in [-0.39, 0.29) is 24.5 Å². The minimum atomic E-state index is -0.626. The Hall–Kier alpha value is -3.72. The molecule has 2 aliphatic rings. The molecular formula is C29H33N3O5S. The van der Waals surface area contributed by atoms with Crippen molar-refractivity contribution < 1.29 is 23.8 Å². The van der Waals surface area contributed by atoms with Gasteiger partial charge in [0, 0.05) is 11.3 Å². The lowest BCUT2D eigenvalue weighted by Crippen LogP contribution is -2.38. The van der Waals surface area contributed by atoms with Crippen LogP contribution in [-0.2, 0) is 14.3 Å². The molecule has 200 valence electrons. The second kappa shape index (κ2) is 11.8. The summed E-state index contributed by atoms with van der Waals surface area (Å²) in [7, 11) is 3.13. The maximum Gasteiger partial charge on any atom is 0.338 e. The Morgan fingerprint density at radius 3 is 2.45 bits per heavy atom. The van der Waals surface area contributed by atoms with Gasteiger partial charge in [-0.05, 0) is 44.7 Å². The van der Waals surface area contributed by atoms with Gasteiger partial charge in [-0.3, -0.25) is 4.79 Å². The van der Waals surface area contributed by atoms with Crippen LogP contribution in [0.5, 0.6) is 11.5 Å². The van der Waals surface area contributed by atoms with E-state index in [9.17, 15) is 9.59 Å². The van der Waals surface area contributed by atoms with Crippen molar-refractivity contribution in [1.82, 2.24) is 10.2 Å². The van der Waals surface area contributed by atoms with Crippen LogP contribution in [0, 0.1) is 0 Å². The van der Waals surface area contributed by atoms with Crippen molar-refractivity contribution >= 4 is 28.8 Å².